The Balaban J connectivity index is 0.000000331. The standard InChI is InChI=1S/C20H30BN3O3.C9H10/c1-20(2,27)23-19(26)17(12-16-6-4-3-5-7-16)13-18(25)14-24-10-8-21(15-22)9-11-24;1-2-5-9-7-3-6-8(9)4-1/h3-7,17-18,25,27H,8-14H2,1-2H3,(H,23,26);1-2,4-5H,3,6-7H2. The molecule has 36 heavy (non-hydrogen) atoms. The van der Waals surface area contributed by atoms with E-state index in [4.69, 9.17) is 5.26 Å². The van der Waals surface area contributed by atoms with Gasteiger partial charge in [-0.25, -0.2) is 5.26 Å². The van der Waals surface area contributed by atoms with Crippen LogP contribution >= 0.6 is 0 Å². The number of nitriles is 1. The van der Waals surface area contributed by atoms with Gasteiger partial charge in [-0.1, -0.05) is 54.6 Å². The van der Waals surface area contributed by atoms with Crippen LogP contribution in [0.3, 0.4) is 0 Å². The first kappa shape index (κ1) is 27.9. The molecule has 3 N–H and O–H groups in total. The number of benzene rings is 2. The third kappa shape index (κ3) is 9.42. The van der Waals surface area contributed by atoms with Gasteiger partial charge in [0.05, 0.1) is 6.10 Å². The van der Waals surface area contributed by atoms with E-state index < -0.39 is 17.7 Å². The molecule has 2 aromatic carbocycles. The lowest BCUT2D eigenvalue weighted by atomic mass is 9.45. The fraction of sp³-hybridized carbons (Fsp3) is 0.517. The van der Waals surface area contributed by atoms with Crippen LogP contribution in [0.1, 0.15) is 43.4 Å². The molecule has 0 bridgehead atoms. The zero-order valence-electron chi connectivity index (χ0n) is 21.7. The van der Waals surface area contributed by atoms with Gasteiger partial charge < -0.3 is 20.4 Å². The molecule has 1 saturated heterocycles. The van der Waals surface area contributed by atoms with Crippen molar-refractivity contribution in [3.63, 3.8) is 0 Å². The molecular formula is C29H40BN3O3. The molecule has 2 unspecified atom stereocenters. The molecule has 2 atom stereocenters. The molecule has 2 aliphatic rings. The van der Waals surface area contributed by atoms with E-state index in [1.54, 1.807) is 11.1 Å². The maximum atomic E-state index is 12.6. The van der Waals surface area contributed by atoms with E-state index in [0.717, 1.165) is 31.3 Å². The van der Waals surface area contributed by atoms with E-state index in [1.807, 2.05) is 30.3 Å². The van der Waals surface area contributed by atoms with Crippen LogP contribution in [0, 0.1) is 17.1 Å². The minimum Gasteiger partial charge on any atom is -0.392 e. The molecule has 0 saturated carbocycles. The third-order valence-electron chi connectivity index (χ3n) is 6.93. The lowest BCUT2D eigenvalue weighted by Crippen LogP contribution is -2.47. The summed E-state index contributed by atoms with van der Waals surface area (Å²) in [5.41, 5.74) is 2.86. The van der Waals surface area contributed by atoms with Crippen LogP contribution < -0.4 is 5.32 Å². The van der Waals surface area contributed by atoms with Crippen LogP contribution in [0.2, 0.25) is 12.6 Å². The van der Waals surface area contributed by atoms with Crippen LogP contribution in [-0.2, 0) is 24.1 Å². The molecule has 7 heteroatoms. The van der Waals surface area contributed by atoms with Crippen molar-refractivity contribution >= 4 is 12.6 Å². The summed E-state index contributed by atoms with van der Waals surface area (Å²) >= 11 is 0. The molecule has 1 fully saturated rings. The minimum atomic E-state index is -1.30. The highest BCUT2D eigenvalue weighted by Gasteiger charge is 2.29. The second-order valence-electron chi connectivity index (χ2n) is 10.7. The van der Waals surface area contributed by atoms with Crippen molar-refractivity contribution in [3.8, 4) is 5.97 Å². The van der Waals surface area contributed by atoms with Crippen molar-refractivity contribution in [2.24, 2.45) is 5.92 Å². The van der Waals surface area contributed by atoms with Crippen molar-refractivity contribution in [1.29, 1.82) is 5.26 Å². The van der Waals surface area contributed by atoms with Crippen LogP contribution in [0.5, 0.6) is 0 Å². The van der Waals surface area contributed by atoms with Gasteiger partial charge in [0, 0.05) is 18.4 Å². The van der Waals surface area contributed by atoms with Gasteiger partial charge in [-0.15, -0.1) is 0 Å². The van der Waals surface area contributed by atoms with E-state index in [1.165, 1.54) is 33.1 Å². The number of aliphatic hydroxyl groups is 2. The van der Waals surface area contributed by atoms with Gasteiger partial charge >= 0.3 is 0 Å². The number of hydrogen-bond donors (Lipinski definition) is 3. The third-order valence-corrected chi connectivity index (χ3v) is 6.93. The molecular weight excluding hydrogens is 449 g/mol. The van der Waals surface area contributed by atoms with Gasteiger partial charge in [0.15, 0.2) is 0 Å². The van der Waals surface area contributed by atoms with E-state index in [-0.39, 0.29) is 12.6 Å². The smallest absolute Gasteiger partial charge is 0.270 e. The van der Waals surface area contributed by atoms with Gasteiger partial charge in [0.2, 0.25) is 5.91 Å². The first-order valence-corrected chi connectivity index (χ1v) is 13.2. The van der Waals surface area contributed by atoms with Gasteiger partial charge in [-0.2, -0.15) is 0 Å². The molecule has 1 aliphatic carbocycles. The summed E-state index contributed by atoms with van der Waals surface area (Å²) in [4.78, 5) is 14.8. The number of amides is 1. The highest BCUT2D eigenvalue weighted by molar-refractivity contribution is 6.67. The molecule has 1 amide bonds. The summed E-state index contributed by atoms with van der Waals surface area (Å²) in [6, 6.07) is 18.4. The average molecular weight is 489 g/mol. The fourth-order valence-electron chi connectivity index (χ4n) is 5.05. The Morgan fingerprint density at radius 1 is 1.08 bits per heavy atom. The number of nitrogens with zero attached hydrogens (tertiary/aromatic N) is 2. The molecule has 1 heterocycles. The lowest BCUT2D eigenvalue weighted by molar-refractivity contribution is -0.132. The van der Waals surface area contributed by atoms with Crippen LogP contribution in [0.15, 0.2) is 54.6 Å². The van der Waals surface area contributed by atoms with E-state index in [9.17, 15) is 15.0 Å². The topological polar surface area (TPSA) is 96.6 Å². The maximum absolute atomic E-state index is 12.6. The quantitative estimate of drug-likeness (QED) is 0.390. The number of fused-ring (bicyclic) bond motifs is 1. The summed E-state index contributed by atoms with van der Waals surface area (Å²) in [6.07, 6.45) is 5.83. The predicted octanol–water partition coefficient (Wildman–Crippen LogP) is 3.49. The van der Waals surface area contributed by atoms with Gasteiger partial charge in [-0.3, -0.25) is 4.79 Å². The number of carbonyl (C=O) groups excluding carboxylic acids is 1. The number of rotatable bonds is 8. The van der Waals surface area contributed by atoms with E-state index in [0.29, 0.717) is 19.4 Å². The first-order chi connectivity index (χ1) is 17.2. The highest BCUT2D eigenvalue weighted by atomic mass is 16.3. The summed E-state index contributed by atoms with van der Waals surface area (Å²) in [5, 5.41) is 32.1. The predicted molar refractivity (Wildman–Crippen MR) is 145 cm³/mol. The van der Waals surface area contributed by atoms with E-state index >= 15 is 0 Å². The van der Waals surface area contributed by atoms with E-state index in [2.05, 4.69) is 40.5 Å². The Kier molecular flexibility index (Phi) is 10.5. The highest BCUT2D eigenvalue weighted by Crippen LogP contribution is 2.20. The number of aryl methyl sites for hydroxylation is 2. The molecule has 0 aromatic heterocycles. The molecule has 1 aliphatic heterocycles. The SMILES string of the molecule is CC(C)(O)NC(=O)C(Cc1ccccc1)CC(O)CN1CCB(C#N)CC1.c1ccc2c(c1)CCC2. The average Bonchev–Trinajstić information content (AvgIpc) is 3.33. The van der Waals surface area contributed by atoms with Crippen LogP contribution in [0.4, 0.5) is 0 Å². The van der Waals surface area contributed by atoms with Gasteiger partial charge in [0.25, 0.3) is 6.71 Å². The Bertz CT molecular complexity index is 972. The monoisotopic (exact) mass is 489 g/mol. The zero-order chi connectivity index (χ0) is 26.0. The van der Waals surface area contributed by atoms with Crippen molar-refractivity contribution in [1.82, 2.24) is 10.2 Å². The van der Waals surface area contributed by atoms with Crippen molar-refractivity contribution < 1.29 is 15.0 Å². The first-order valence-electron chi connectivity index (χ1n) is 13.2. The minimum absolute atomic E-state index is 0.113. The molecule has 2 aromatic rings. The number of carbonyl (C=O) groups is 1. The Morgan fingerprint density at radius 2 is 1.67 bits per heavy atom. The summed E-state index contributed by atoms with van der Waals surface area (Å²) in [6.45, 7) is 5.27. The normalized spacial score (nSPS) is 17.2. The Morgan fingerprint density at radius 3 is 2.22 bits per heavy atom. The second kappa shape index (κ2) is 13.6. The fourth-order valence-corrected chi connectivity index (χ4v) is 5.05. The lowest BCUT2D eigenvalue weighted by Gasteiger charge is -2.31. The van der Waals surface area contributed by atoms with Crippen molar-refractivity contribution in [2.75, 3.05) is 19.6 Å². The Labute approximate surface area is 216 Å². The summed E-state index contributed by atoms with van der Waals surface area (Å²) in [7, 11) is 0. The zero-order valence-corrected chi connectivity index (χ0v) is 21.7. The molecule has 4 rings (SSSR count). The molecule has 0 spiro atoms. The number of hydrogen-bond acceptors (Lipinski definition) is 5. The summed E-state index contributed by atoms with van der Waals surface area (Å²) < 4.78 is 0. The molecule has 0 radical (unpaired) electrons. The number of nitrogens with one attached hydrogen (secondary N) is 1. The molecule has 6 nitrogen and oxygen atoms in total. The van der Waals surface area contributed by atoms with Gasteiger partial charge in [0.1, 0.15) is 5.72 Å². The van der Waals surface area contributed by atoms with Crippen molar-refractivity contribution in [3.05, 3.63) is 71.3 Å². The van der Waals surface area contributed by atoms with Crippen LogP contribution in [0.25, 0.3) is 0 Å². The van der Waals surface area contributed by atoms with Gasteiger partial charge in [-0.05, 0) is 88.4 Å². The van der Waals surface area contributed by atoms with Crippen molar-refractivity contribution in [2.45, 2.75) is 70.4 Å². The van der Waals surface area contributed by atoms with Crippen LogP contribution in [-0.4, -0.2) is 59.2 Å². The number of aliphatic hydroxyl groups excluding tert-OH is 1. The Hall–Kier alpha value is -2.66. The summed E-state index contributed by atoms with van der Waals surface area (Å²) in [5.74, 6) is 1.63. The number of β-amino-alcohol motifs (C(OH)–C–C–N with tert-alkyl or cyclic N) is 1. The maximum Gasteiger partial charge on any atom is 0.270 e. The molecule has 192 valence electrons. The second-order valence-corrected chi connectivity index (χ2v) is 10.7. The largest absolute Gasteiger partial charge is 0.392 e.